The van der Waals surface area contributed by atoms with E-state index in [1.54, 1.807) is 17.0 Å². The zero-order valence-electron chi connectivity index (χ0n) is 20.9. The molecule has 208 valence electrons. The highest BCUT2D eigenvalue weighted by molar-refractivity contribution is 7.93. The van der Waals surface area contributed by atoms with Crippen LogP contribution in [0.3, 0.4) is 0 Å². The molecule has 40 heavy (non-hydrogen) atoms. The molecule has 5 rings (SSSR count). The van der Waals surface area contributed by atoms with E-state index >= 15 is 0 Å². The van der Waals surface area contributed by atoms with E-state index in [1.807, 2.05) is 0 Å². The number of aromatic nitrogens is 3. The molecular formula is C26H21F4N5O4S. The molecule has 1 aliphatic heterocycles. The number of carbonyl (C=O) groups is 2. The topological polar surface area (TPSA) is 107 Å². The van der Waals surface area contributed by atoms with Crippen LogP contribution in [0.25, 0.3) is 28.0 Å². The van der Waals surface area contributed by atoms with Crippen molar-refractivity contribution in [1.29, 1.82) is 0 Å². The first kappa shape index (κ1) is 27.4. The minimum absolute atomic E-state index is 0.00431. The molecular weight excluding hydrogens is 554 g/mol. The molecule has 0 aliphatic carbocycles. The fraction of sp³-hybridized carbons (Fsp3) is 0.231. The van der Waals surface area contributed by atoms with Gasteiger partial charge in [0.1, 0.15) is 5.82 Å². The molecule has 0 spiro atoms. The van der Waals surface area contributed by atoms with Gasteiger partial charge >= 0.3 is 12.1 Å². The highest BCUT2D eigenvalue weighted by atomic mass is 32.2. The van der Waals surface area contributed by atoms with Crippen molar-refractivity contribution in [3.63, 3.8) is 0 Å². The van der Waals surface area contributed by atoms with Crippen molar-refractivity contribution in [3.8, 4) is 17.1 Å². The molecule has 2 aromatic carbocycles. The summed E-state index contributed by atoms with van der Waals surface area (Å²) in [4.78, 5) is 34.7. The van der Waals surface area contributed by atoms with Gasteiger partial charge in [-0.25, -0.2) is 18.6 Å². The number of carbonyl (C=O) groups excluding carboxylic acids is 2. The second-order valence-corrected chi connectivity index (χ2v) is 11.2. The van der Waals surface area contributed by atoms with E-state index in [4.69, 9.17) is 4.74 Å². The number of ether oxygens (including phenoxy) is 1. The summed E-state index contributed by atoms with van der Waals surface area (Å²) in [5, 5.41) is 0.187. The predicted octanol–water partition coefficient (Wildman–Crippen LogP) is 4.24. The predicted molar refractivity (Wildman–Crippen MR) is 137 cm³/mol. The van der Waals surface area contributed by atoms with Crippen molar-refractivity contribution >= 4 is 32.4 Å². The molecule has 14 heteroatoms. The summed E-state index contributed by atoms with van der Waals surface area (Å²) in [6, 6.07) is 10.4. The summed E-state index contributed by atoms with van der Waals surface area (Å²) in [6.07, 6.45) is -0.446. The van der Waals surface area contributed by atoms with Crippen LogP contribution in [0.1, 0.15) is 10.4 Å². The van der Waals surface area contributed by atoms with Gasteiger partial charge in [0.25, 0.3) is 5.91 Å². The summed E-state index contributed by atoms with van der Waals surface area (Å²) in [5.74, 6) is -3.26. The molecule has 9 nitrogen and oxygen atoms in total. The van der Waals surface area contributed by atoms with Crippen LogP contribution in [0.5, 0.6) is 0 Å². The van der Waals surface area contributed by atoms with Crippen LogP contribution in [0.4, 0.5) is 17.6 Å². The monoisotopic (exact) mass is 575 g/mol. The van der Waals surface area contributed by atoms with Crippen molar-refractivity contribution in [1.82, 2.24) is 19.4 Å². The molecule has 3 heterocycles. The number of rotatable bonds is 4. The Morgan fingerprint density at radius 1 is 1.05 bits per heavy atom. The number of nitrogens with zero attached hydrogens (tertiary/aromatic N) is 5. The Morgan fingerprint density at radius 3 is 2.38 bits per heavy atom. The molecule has 1 unspecified atom stereocenters. The first-order chi connectivity index (χ1) is 19.0. The van der Waals surface area contributed by atoms with Gasteiger partial charge in [0, 0.05) is 60.0 Å². The standard InChI is InChI=1S/C26H21F4N5O4S/c1-40(38,33-24(37)26(28,29)30)22-15-35(25-31-13-17(14-32-25)18-4-2-3-5-20(18)27)21-12-16(6-7-19(21)22)23(36)34-8-10-39-11-9-34/h2-7,12-15H,8-11H2,1H3. The maximum atomic E-state index is 14.2. The van der Waals surface area contributed by atoms with Gasteiger partial charge in [-0.05, 0) is 18.2 Å². The minimum atomic E-state index is -5.31. The number of morpholine rings is 1. The van der Waals surface area contributed by atoms with E-state index in [-0.39, 0.29) is 38.8 Å². The van der Waals surface area contributed by atoms with Crippen LogP contribution >= 0.6 is 0 Å². The maximum absolute atomic E-state index is 14.2. The Bertz CT molecular complexity index is 1740. The summed E-state index contributed by atoms with van der Waals surface area (Å²) in [6.45, 7) is 1.52. The van der Waals surface area contributed by atoms with E-state index in [1.165, 1.54) is 53.5 Å². The second-order valence-electron chi connectivity index (χ2n) is 8.95. The molecule has 1 saturated heterocycles. The maximum Gasteiger partial charge on any atom is 0.474 e. The third kappa shape index (κ3) is 5.31. The Balaban J connectivity index is 1.65. The van der Waals surface area contributed by atoms with Gasteiger partial charge in [-0.15, -0.1) is 4.36 Å². The van der Waals surface area contributed by atoms with Gasteiger partial charge in [0.15, 0.2) is 0 Å². The average molecular weight is 576 g/mol. The van der Waals surface area contributed by atoms with Gasteiger partial charge in [0.05, 0.1) is 33.4 Å². The molecule has 2 aromatic heterocycles. The zero-order chi connectivity index (χ0) is 28.7. The van der Waals surface area contributed by atoms with E-state index in [0.717, 1.165) is 6.26 Å². The summed E-state index contributed by atoms with van der Waals surface area (Å²) >= 11 is 0. The first-order valence-electron chi connectivity index (χ1n) is 11.9. The molecule has 0 N–H and O–H groups in total. The van der Waals surface area contributed by atoms with Gasteiger partial charge < -0.3 is 9.64 Å². The number of alkyl halides is 3. The molecule has 0 bridgehead atoms. The van der Waals surface area contributed by atoms with Crippen molar-refractivity contribution in [2.24, 2.45) is 4.36 Å². The highest BCUT2D eigenvalue weighted by Gasteiger charge is 2.40. The molecule has 0 radical (unpaired) electrons. The normalized spacial score (nSPS) is 15.6. The Morgan fingerprint density at radius 2 is 1.73 bits per heavy atom. The lowest BCUT2D eigenvalue weighted by molar-refractivity contribution is -0.169. The average Bonchev–Trinajstić information content (AvgIpc) is 3.33. The SMILES string of the molecule is CS(=O)(=NC(=O)C(F)(F)F)c1cn(-c2ncc(-c3ccccc3F)cn2)c2cc(C(=O)N3CCOCC3)ccc12. The Hall–Kier alpha value is -4.17. The third-order valence-corrected chi connectivity index (χ3v) is 7.92. The van der Waals surface area contributed by atoms with Gasteiger partial charge in [-0.2, -0.15) is 13.2 Å². The van der Waals surface area contributed by atoms with E-state index in [9.17, 15) is 31.4 Å². The van der Waals surface area contributed by atoms with Crippen molar-refractivity contribution in [3.05, 3.63) is 72.4 Å². The van der Waals surface area contributed by atoms with Gasteiger partial charge in [-0.3, -0.25) is 14.2 Å². The van der Waals surface area contributed by atoms with Crippen LogP contribution in [-0.4, -0.2) is 74.2 Å². The highest BCUT2D eigenvalue weighted by Crippen LogP contribution is 2.31. The number of hydrogen-bond donors (Lipinski definition) is 0. The van der Waals surface area contributed by atoms with E-state index < -0.39 is 27.6 Å². The van der Waals surface area contributed by atoms with Crippen LogP contribution in [-0.2, 0) is 19.3 Å². The largest absolute Gasteiger partial charge is 0.474 e. The third-order valence-electron chi connectivity index (χ3n) is 6.26. The number of benzene rings is 2. The first-order valence-corrected chi connectivity index (χ1v) is 13.8. The number of hydrogen-bond acceptors (Lipinski definition) is 6. The van der Waals surface area contributed by atoms with Crippen LogP contribution in [0.2, 0.25) is 0 Å². The Kier molecular flexibility index (Phi) is 7.14. The van der Waals surface area contributed by atoms with Gasteiger partial charge in [0.2, 0.25) is 5.95 Å². The second kappa shape index (κ2) is 10.4. The molecule has 1 aliphatic rings. The van der Waals surface area contributed by atoms with Crippen molar-refractivity contribution in [2.45, 2.75) is 11.1 Å². The summed E-state index contributed by atoms with van der Waals surface area (Å²) in [7, 11) is -3.90. The fourth-order valence-electron chi connectivity index (χ4n) is 4.28. The number of amides is 2. The summed E-state index contributed by atoms with van der Waals surface area (Å²) in [5.41, 5.74) is 1.13. The van der Waals surface area contributed by atoms with E-state index in [2.05, 4.69) is 14.3 Å². The quantitative estimate of drug-likeness (QED) is 0.337. The molecule has 1 fully saturated rings. The lowest BCUT2D eigenvalue weighted by atomic mass is 10.1. The van der Waals surface area contributed by atoms with Crippen LogP contribution in [0, 0.1) is 5.82 Å². The number of halogens is 4. The lowest BCUT2D eigenvalue weighted by Crippen LogP contribution is -2.40. The number of fused-ring (bicyclic) bond motifs is 1. The lowest BCUT2D eigenvalue weighted by Gasteiger charge is -2.26. The van der Waals surface area contributed by atoms with Crippen LogP contribution in [0.15, 0.2) is 70.3 Å². The molecule has 0 saturated carbocycles. The van der Waals surface area contributed by atoms with E-state index in [0.29, 0.717) is 31.9 Å². The molecule has 4 aromatic rings. The molecule has 2 amide bonds. The van der Waals surface area contributed by atoms with Crippen LogP contribution < -0.4 is 0 Å². The van der Waals surface area contributed by atoms with Gasteiger partial charge in [-0.1, -0.05) is 24.3 Å². The zero-order valence-corrected chi connectivity index (χ0v) is 21.7. The Labute approximate surface area is 225 Å². The van der Waals surface area contributed by atoms with Crippen molar-refractivity contribution in [2.75, 3.05) is 32.6 Å². The smallest absolute Gasteiger partial charge is 0.378 e. The summed E-state index contributed by atoms with van der Waals surface area (Å²) < 4.78 is 76.0. The minimum Gasteiger partial charge on any atom is -0.378 e. The fourth-order valence-corrected chi connectivity index (χ4v) is 5.68. The van der Waals surface area contributed by atoms with Crippen molar-refractivity contribution < 1.29 is 36.1 Å². The molecule has 1 atom stereocenters.